The van der Waals surface area contributed by atoms with Gasteiger partial charge in [0.2, 0.25) is 17.6 Å². The molecule has 0 aliphatic heterocycles. The molecule has 1 heterocycles. The summed E-state index contributed by atoms with van der Waals surface area (Å²) in [4.78, 5) is 13.8. The fourth-order valence-electron chi connectivity index (χ4n) is 0.577. The molecule has 0 fully saturated rings. The summed E-state index contributed by atoms with van der Waals surface area (Å²) in [5.41, 5.74) is 0.126. The lowest BCUT2D eigenvalue weighted by Crippen LogP contribution is -2.31. The molecule has 0 saturated heterocycles. The average Bonchev–Trinajstić information content (AvgIpc) is 1.94. The molecule has 0 aliphatic rings. The minimum absolute atomic E-state index is 0. The van der Waals surface area contributed by atoms with E-state index in [4.69, 9.17) is 5.11 Å². The van der Waals surface area contributed by atoms with Crippen LogP contribution in [0.25, 0.3) is 0 Å². The molecule has 12 heavy (non-hydrogen) atoms. The summed E-state index contributed by atoms with van der Waals surface area (Å²) in [5, 5.41) is 19.1. The van der Waals surface area contributed by atoms with Gasteiger partial charge < -0.3 is 15.8 Å². The van der Waals surface area contributed by atoms with Gasteiger partial charge in [-0.2, -0.15) is 4.73 Å². The Kier molecular flexibility index (Phi) is 3.12. The summed E-state index contributed by atoms with van der Waals surface area (Å²) >= 11 is 0. The summed E-state index contributed by atoms with van der Waals surface area (Å²) in [6.45, 7) is 1.55. The van der Waals surface area contributed by atoms with Crippen molar-refractivity contribution in [3.05, 3.63) is 29.0 Å². The Morgan fingerprint density at radius 1 is 1.75 bits per heavy atom. The van der Waals surface area contributed by atoms with Crippen LogP contribution in [0.2, 0.25) is 0 Å². The van der Waals surface area contributed by atoms with Crippen LogP contribution in [0.1, 0.15) is 16.2 Å². The molecule has 0 aromatic carbocycles. The van der Waals surface area contributed by atoms with Gasteiger partial charge >= 0.3 is 5.97 Å². The molecule has 66 valence electrons. The van der Waals surface area contributed by atoms with Crippen molar-refractivity contribution >= 4 is 5.97 Å². The van der Waals surface area contributed by atoms with Gasteiger partial charge in [0.15, 0.2) is 0 Å². The van der Waals surface area contributed by atoms with E-state index in [1.165, 1.54) is 6.20 Å². The molecular formula is C6H8N2O4. The summed E-state index contributed by atoms with van der Waals surface area (Å²) in [7, 11) is 0. The van der Waals surface area contributed by atoms with E-state index in [1.807, 2.05) is 0 Å². The van der Waals surface area contributed by atoms with Gasteiger partial charge in [-0.05, 0) is 0 Å². The van der Waals surface area contributed by atoms with Crippen molar-refractivity contribution in [3.8, 4) is 0 Å². The van der Waals surface area contributed by atoms with E-state index in [1.54, 1.807) is 6.92 Å². The second kappa shape index (κ2) is 3.63. The summed E-state index contributed by atoms with van der Waals surface area (Å²) in [6.07, 6.45) is 2.15. The van der Waals surface area contributed by atoms with E-state index in [2.05, 4.69) is 4.98 Å². The molecule has 3 N–H and O–H groups in total. The van der Waals surface area contributed by atoms with Gasteiger partial charge in [-0.15, -0.1) is 0 Å². The van der Waals surface area contributed by atoms with Crippen LogP contribution in [0.3, 0.4) is 0 Å². The van der Waals surface area contributed by atoms with E-state index in [0.717, 1.165) is 6.20 Å². The molecule has 0 spiro atoms. The Hall–Kier alpha value is -1.69. The number of aryl methyl sites for hydroxylation is 1. The molecule has 0 unspecified atom stereocenters. The first-order valence-corrected chi connectivity index (χ1v) is 2.90. The third kappa shape index (κ3) is 1.89. The van der Waals surface area contributed by atoms with Gasteiger partial charge in [-0.3, -0.25) is 0 Å². The number of carbonyl (C=O) groups is 1. The van der Waals surface area contributed by atoms with E-state index >= 15 is 0 Å². The smallest absolute Gasteiger partial charge is 0.360 e. The highest BCUT2D eigenvalue weighted by molar-refractivity contribution is 5.84. The lowest BCUT2D eigenvalue weighted by molar-refractivity contribution is -0.613. The van der Waals surface area contributed by atoms with Crippen LogP contribution in [0.15, 0.2) is 12.4 Å². The highest BCUT2D eigenvalue weighted by atomic mass is 16.5. The molecule has 6 nitrogen and oxygen atoms in total. The molecule has 0 bridgehead atoms. The van der Waals surface area contributed by atoms with Crippen molar-refractivity contribution in [3.63, 3.8) is 0 Å². The molecule has 0 radical (unpaired) electrons. The maximum absolute atomic E-state index is 10.8. The van der Waals surface area contributed by atoms with E-state index in [0.29, 0.717) is 10.4 Å². The molecule has 1 aromatic rings. The Labute approximate surface area is 68.0 Å². The molecule has 1 rings (SSSR count). The van der Waals surface area contributed by atoms with Gasteiger partial charge in [0.25, 0.3) is 0 Å². The van der Waals surface area contributed by atoms with Gasteiger partial charge in [-0.25, -0.2) is 9.78 Å². The third-order valence-corrected chi connectivity index (χ3v) is 1.20. The van der Waals surface area contributed by atoms with Crippen molar-refractivity contribution in [1.82, 2.24) is 4.98 Å². The van der Waals surface area contributed by atoms with E-state index < -0.39 is 5.97 Å². The third-order valence-electron chi connectivity index (χ3n) is 1.20. The van der Waals surface area contributed by atoms with E-state index in [9.17, 15) is 10.0 Å². The lowest BCUT2D eigenvalue weighted by Gasteiger charge is -1.98. The predicted octanol–water partition coefficient (Wildman–Crippen LogP) is -1.10. The minimum atomic E-state index is -1.20. The molecule has 0 aliphatic carbocycles. The van der Waals surface area contributed by atoms with Gasteiger partial charge in [0, 0.05) is 6.92 Å². The van der Waals surface area contributed by atoms with Gasteiger partial charge in [0.05, 0.1) is 6.20 Å². The lowest BCUT2D eigenvalue weighted by atomic mass is 10.4. The highest BCUT2D eigenvalue weighted by Gasteiger charge is 2.09. The number of rotatable bonds is 1. The van der Waals surface area contributed by atoms with Crippen molar-refractivity contribution in [1.29, 1.82) is 0 Å². The molecular weight excluding hydrogens is 164 g/mol. The fourth-order valence-corrected chi connectivity index (χ4v) is 0.577. The van der Waals surface area contributed by atoms with Crippen LogP contribution in [0.5, 0.6) is 0 Å². The summed E-state index contributed by atoms with van der Waals surface area (Å²) < 4.78 is 0.469. The number of hydrogen-bond donors (Lipinski definition) is 1. The zero-order valence-corrected chi connectivity index (χ0v) is 6.31. The van der Waals surface area contributed by atoms with Crippen molar-refractivity contribution in [2.24, 2.45) is 0 Å². The molecule has 0 atom stereocenters. The first kappa shape index (κ1) is 10.3. The maximum atomic E-state index is 10.8. The number of aromatic carboxylic acids is 1. The van der Waals surface area contributed by atoms with Crippen LogP contribution >= 0.6 is 0 Å². The standard InChI is InChI=1S/C6H6N2O3.H2O/c1-4-2-7-5(6(9)10)3-8(4)11;/h2-3H,1H3,(H,9,10);1H2. The van der Waals surface area contributed by atoms with Crippen LogP contribution in [-0.2, 0) is 0 Å². The number of nitrogens with zero attached hydrogens (tertiary/aromatic N) is 2. The Morgan fingerprint density at radius 2 is 2.33 bits per heavy atom. The zero-order valence-electron chi connectivity index (χ0n) is 6.31. The second-order valence-electron chi connectivity index (χ2n) is 2.04. The largest absolute Gasteiger partial charge is 0.618 e. The minimum Gasteiger partial charge on any atom is -0.618 e. The Bertz CT molecular complexity index is 300. The quantitative estimate of drug-likeness (QED) is 0.428. The molecule has 6 heteroatoms. The van der Waals surface area contributed by atoms with Crippen LogP contribution in [-0.4, -0.2) is 21.5 Å². The molecule has 0 saturated carbocycles. The van der Waals surface area contributed by atoms with Crippen LogP contribution in [0, 0.1) is 12.1 Å². The Balaban J connectivity index is 0.00000121. The molecule has 1 aromatic heterocycles. The fraction of sp³-hybridized carbons (Fsp3) is 0.167. The van der Waals surface area contributed by atoms with Crippen LogP contribution < -0.4 is 4.73 Å². The van der Waals surface area contributed by atoms with Crippen molar-refractivity contribution in [2.45, 2.75) is 6.92 Å². The number of hydrogen-bond acceptors (Lipinski definition) is 3. The first-order chi connectivity index (χ1) is 5.11. The maximum Gasteiger partial charge on any atom is 0.360 e. The first-order valence-electron chi connectivity index (χ1n) is 2.90. The van der Waals surface area contributed by atoms with Gasteiger partial charge in [0.1, 0.15) is 0 Å². The van der Waals surface area contributed by atoms with Crippen molar-refractivity contribution < 1.29 is 20.1 Å². The summed E-state index contributed by atoms with van der Waals surface area (Å²) in [5.74, 6) is -1.20. The number of carboxylic acids is 1. The van der Waals surface area contributed by atoms with Crippen molar-refractivity contribution in [2.75, 3.05) is 0 Å². The summed E-state index contributed by atoms with van der Waals surface area (Å²) in [6, 6.07) is 0. The second-order valence-corrected chi connectivity index (χ2v) is 2.04. The topological polar surface area (TPSA) is 109 Å². The van der Waals surface area contributed by atoms with Gasteiger partial charge in [-0.1, -0.05) is 0 Å². The van der Waals surface area contributed by atoms with Crippen LogP contribution in [0.4, 0.5) is 0 Å². The zero-order chi connectivity index (χ0) is 8.43. The number of carboxylic acid groups (broad SMARTS) is 1. The predicted molar refractivity (Wildman–Crippen MR) is 38.5 cm³/mol. The average molecular weight is 172 g/mol. The number of aromatic nitrogens is 2. The molecule has 0 amide bonds. The SMILES string of the molecule is Cc1cnc(C(=O)O)c[n+]1[O-].O. The Morgan fingerprint density at radius 3 is 2.75 bits per heavy atom. The highest BCUT2D eigenvalue weighted by Crippen LogP contribution is 1.90. The van der Waals surface area contributed by atoms with E-state index in [-0.39, 0.29) is 11.2 Å². The normalized spacial score (nSPS) is 8.75. The monoisotopic (exact) mass is 172 g/mol.